The van der Waals surface area contributed by atoms with Crippen LogP contribution in [-0.2, 0) is 0 Å². The van der Waals surface area contributed by atoms with Crippen LogP contribution in [0, 0.1) is 0 Å². The van der Waals surface area contributed by atoms with E-state index in [9.17, 15) is 0 Å². The summed E-state index contributed by atoms with van der Waals surface area (Å²) in [5.41, 5.74) is 2.25. The molecule has 3 nitrogen and oxygen atoms in total. The first-order valence-corrected chi connectivity index (χ1v) is 8.82. The van der Waals surface area contributed by atoms with Crippen LogP contribution >= 0.6 is 0 Å². The smallest absolute Gasteiger partial charge is 0.0708 e. The van der Waals surface area contributed by atoms with E-state index in [4.69, 9.17) is 0 Å². The minimum Gasteiger partial charge on any atom is -0.384 e. The molecule has 0 unspecified atom stereocenters. The zero-order valence-electron chi connectivity index (χ0n) is 14.8. The Morgan fingerprint density at radius 3 is 2.36 bits per heavy atom. The monoisotopic (exact) mass is 329 g/mol. The quantitative estimate of drug-likeness (QED) is 0.417. The first kappa shape index (κ1) is 15.9. The Morgan fingerprint density at radius 2 is 1.56 bits per heavy atom. The highest BCUT2D eigenvalue weighted by molar-refractivity contribution is 6.19. The zero-order chi connectivity index (χ0) is 17.2. The average molecular weight is 329 g/mol. The molecule has 0 saturated carbocycles. The third-order valence-corrected chi connectivity index (χ3v) is 4.71. The highest BCUT2D eigenvalue weighted by atomic mass is 15.1. The van der Waals surface area contributed by atoms with Crippen LogP contribution in [0.4, 0.5) is 5.69 Å². The molecular formula is C22H23N3. The van der Waals surface area contributed by atoms with Crippen LogP contribution in [0.15, 0.2) is 60.8 Å². The molecule has 1 N–H and O–H groups in total. The molecular weight excluding hydrogens is 306 g/mol. The van der Waals surface area contributed by atoms with E-state index in [1.54, 1.807) is 0 Å². The molecule has 0 bridgehead atoms. The van der Waals surface area contributed by atoms with E-state index >= 15 is 0 Å². The molecule has 3 heteroatoms. The van der Waals surface area contributed by atoms with Crippen LogP contribution in [-0.4, -0.2) is 37.1 Å². The van der Waals surface area contributed by atoms with Crippen molar-refractivity contribution in [3.8, 4) is 0 Å². The van der Waals surface area contributed by atoms with E-state index in [1.807, 2.05) is 12.3 Å². The van der Waals surface area contributed by atoms with Crippen molar-refractivity contribution in [1.29, 1.82) is 0 Å². The lowest BCUT2D eigenvalue weighted by molar-refractivity contribution is 0.405. The predicted octanol–water partition coefficient (Wildman–Crippen LogP) is 4.90. The molecule has 4 aromatic rings. The van der Waals surface area contributed by atoms with Crippen LogP contribution in [0.2, 0.25) is 0 Å². The van der Waals surface area contributed by atoms with Gasteiger partial charge in [-0.1, -0.05) is 42.5 Å². The van der Waals surface area contributed by atoms with E-state index in [2.05, 4.69) is 77.8 Å². The second-order valence-corrected chi connectivity index (χ2v) is 6.79. The third kappa shape index (κ3) is 3.03. The van der Waals surface area contributed by atoms with Gasteiger partial charge >= 0.3 is 0 Å². The lowest BCUT2D eigenvalue weighted by Gasteiger charge is -2.15. The Bertz CT molecular complexity index is 1040. The Balaban J connectivity index is 1.86. The second-order valence-electron chi connectivity index (χ2n) is 6.79. The summed E-state index contributed by atoms with van der Waals surface area (Å²) in [5.74, 6) is 0. The van der Waals surface area contributed by atoms with Gasteiger partial charge in [0.05, 0.1) is 5.52 Å². The molecule has 0 fully saturated rings. The van der Waals surface area contributed by atoms with Crippen molar-refractivity contribution in [3.05, 3.63) is 60.8 Å². The Morgan fingerprint density at radius 1 is 0.840 bits per heavy atom. The molecule has 3 aromatic carbocycles. The summed E-state index contributed by atoms with van der Waals surface area (Å²) >= 11 is 0. The van der Waals surface area contributed by atoms with Crippen LogP contribution in [0.5, 0.6) is 0 Å². The molecule has 1 heterocycles. The minimum absolute atomic E-state index is 0.969. The molecule has 0 radical (unpaired) electrons. The summed E-state index contributed by atoms with van der Waals surface area (Å²) in [6.07, 6.45) is 3.13. The topological polar surface area (TPSA) is 28.2 Å². The fraction of sp³-hybridized carbons (Fsp3) is 0.227. The molecule has 126 valence electrons. The van der Waals surface area contributed by atoms with Crippen LogP contribution < -0.4 is 5.32 Å². The summed E-state index contributed by atoms with van der Waals surface area (Å²) < 4.78 is 0. The maximum absolute atomic E-state index is 4.66. The van der Waals surface area contributed by atoms with E-state index in [0.29, 0.717) is 0 Å². The largest absolute Gasteiger partial charge is 0.384 e. The van der Waals surface area contributed by atoms with E-state index in [1.165, 1.54) is 32.6 Å². The fourth-order valence-electron chi connectivity index (χ4n) is 3.47. The predicted molar refractivity (Wildman–Crippen MR) is 108 cm³/mol. The van der Waals surface area contributed by atoms with E-state index < -0.39 is 0 Å². The maximum atomic E-state index is 4.66. The Labute approximate surface area is 148 Å². The van der Waals surface area contributed by atoms with Gasteiger partial charge in [-0.2, -0.15) is 0 Å². The van der Waals surface area contributed by atoms with Gasteiger partial charge < -0.3 is 10.2 Å². The van der Waals surface area contributed by atoms with E-state index in [-0.39, 0.29) is 0 Å². The zero-order valence-corrected chi connectivity index (χ0v) is 14.8. The number of benzene rings is 3. The number of pyridine rings is 1. The fourth-order valence-corrected chi connectivity index (χ4v) is 3.47. The average Bonchev–Trinajstić information content (AvgIpc) is 2.64. The summed E-state index contributed by atoms with van der Waals surface area (Å²) in [6.45, 7) is 2.06. The first-order chi connectivity index (χ1) is 12.2. The van der Waals surface area contributed by atoms with E-state index in [0.717, 1.165) is 25.0 Å². The number of aromatic nitrogens is 1. The van der Waals surface area contributed by atoms with Crippen molar-refractivity contribution in [2.45, 2.75) is 6.42 Å². The van der Waals surface area contributed by atoms with Gasteiger partial charge in [-0.3, -0.25) is 4.98 Å². The van der Waals surface area contributed by atoms with Gasteiger partial charge in [-0.15, -0.1) is 0 Å². The molecule has 4 rings (SSSR count). The minimum atomic E-state index is 0.969. The lowest BCUT2D eigenvalue weighted by atomic mass is 9.99. The molecule has 0 amide bonds. The lowest BCUT2D eigenvalue weighted by Crippen LogP contribution is -2.16. The second kappa shape index (κ2) is 6.69. The SMILES string of the molecule is CN(C)CCCNc1cc2c3ccccc3ncc2c2ccccc12. The van der Waals surface area contributed by atoms with Gasteiger partial charge in [0, 0.05) is 34.6 Å². The summed E-state index contributed by atoms with van der Waals surface area (Å²) in [7, 11) is 4.23. The molecule has 1 aromatic heterocycles. The van der Waals surface area contributed by atoms with Gasteiger partial charge in [0.15, 0.2) is 0 Å². The Kier molecular flexibility index (Phi) is 4.24. The van der Waals surface area contributed by atoms with Crippen LogP contribution in [0.3, 0.4) is 0 Å². The van der Waals surface area contributed by atoms with Crippen LogP contribution in [0.1, 0.15) is 6.42 Å². The van der Waals surface area contributed by atoms with Crippen molar-refractivity contribution in [2.75, 3.05) is 32.5 Å². The highest BCUT2D eigenvalue weighted by Gasteiger charge is 2.09. The highest BCUT2D eigenvalue weighted by Crippen LogP contribution is 2.34. The maximum Gasteiger partial charge on any atom is 0.0708 e. The standard InChI is InChI=1S/C22H23N3/c1-25(2)13-7-12-23-22-14-19-18-10-5-6-11-21(18)24-15-20(19)16-8-3-4-9-17(16)22/h3-6,8-11,14-15,23H,7,12-13H2,1-2H3. The van der Waals surface area contributed by atoms with Gasteiger partial charge in [0.25, 0.3) is 0 Å². The molecule has 0 saturated heterocycles. The number of nitrogens with one attached hydrogen (secondary N) is 1. The van der Waals surface area contributed by atoms with Crippen molar-refractivity contribution in [2.24, 2.45) is 0 Å². The Hall–Kier alpha value is -2.65. The summed E-state index contributed by atoms with van der Waals surface area (Å²) in [4.78, 5) is 6.88. The van der Waals surface area contributed by atoms with Crippen molar-refractivity contribution >= 4 is 38.1 Å². The number of anilines is 1. The molecule has 0 aliphatic carbocycles. The molecule has 0 atom stereocenters. The molecule has 0 spiro atoms. The normalized spacial score (nSPS) is 11.6. The molecule has 0 aliphatic rings. The van der Waals surface area contributed by atoms with Gasteiger partial charge in [-0.25, -0.2) is 0 Å². The van der Waals surface area contributed by atoms with Crippen molar-refractivity contribution in [1.82, 2.24) is 9.88 Å². The van der Waals surface area contributed by atoms with Gasteiger partial charge in [0.2, 0.25) is 0 Å². The molecule has 0 aliphatic heterocycles. The number of rotatable bonds is 5. The summed E-state index contributed by atoms with van der Waals surface area (Å²) in [6, 6.07) is 19.3. The van der Waals surface area contributed by atoms with Crippen LogP contribution in [0.25, 0.3) is 32.4 Å². The number of hydrogen-bond donors (Lipinski definition) is 1. The van der Waals surface area contributed by atoms with Crippen molar-refractivity contribution < 1.29 is 0 Å². The number of fused-ring (bicyclic) bond motifs is 5. The third-order valence-electron chi connectivity index (χ3n) is 4.71. The molecule has 25 heavy (non-hydrogen) atoms. The van der Waals surface area contributed by atoms with Gasteiger partial charge in [0.1, 0.15) is 0 Å². The first-order valence-electron chi connectivity index (χ1n) is 8.82. The van der Waals surface area contributed by atoms with Gasteiger partial charge in [-0.05, 0) is 50.0 Å². The van der Waals surface area contributed by atoms with Crippen molar-refractivity contribution in [3.63, 3.8) is 0 Å². The summed E-state index contributed by atoms with van der Waals surface area (Å²) in [5, 5.41) is 9.86. The number of hydrogen-bond acceptors (Lipinski definition) is 3. The number of nitrogens with zero attached hydrogens (tertiary/aromatic N) is 2. The number of para-hydroxylation sites is 1.